The van der Waals surface area contributed by atoms with Gasteiger partial charge in [-0.15, -0.1) is 0 Å². The SMILES string of the molecule is COc1cc(C)c(S(=O)(=O)NCc2cn[nH]c2C)c(C)c1. The summed E-state index contributed by atoms with van der Waals surface area (Å²) in [6.45, 7) is 5.57. The number of aromatic amines is 1. The van der Waals surface area contributed by atoms with Gasteiger partial charge in [-0.05, 0) is 44.0 Å². The molecule has 0 bridgehead atoms. The molecule has 2 N–H and O–H groups in total. The van der Waals surface area contributed by atoms with Gasteiger partial charge in [0.25, 0.3) is 0 Å². The molecule has 0 atom stereocenters. The number of benzene rings is 1. The summed E-state index contributed by atoms with van der Waals surface area (Å²) >= 11 is 0. The zero-order chi connectivity index (χ0) is 15.6. The minimum atomic E-state index is -3.59. The van der Waals surface area contributed by atoms with Gasteiger partial charge in [0.15, 0.2) is 0 Å². The van der Waals surface area contributed by atoms with Gasteiger partial charge in [0, 0.05) is 17.8 Å². The number of sulfonamides is 1. The van der Waals surface area contributed by atoms with Gasteiger partial charge in [0.1, 0.15) is 5.75 Å². The van der Waals surface area contributed by atoms with E-state index in [2.05, 4.69) is 14.9 Å². The van der Waals surface area contributed by atoms with E-state index in [9.17, 15) is 8.42 Å². The van der Waals surface area contributed by atoms with Gasteiger partial charge in [-0.2, -0.15) is 5.10 Å². The Morgan fingerprint density at radius 3 is 2.33 bits per heavy atom. The number of aromatic nitrogens is 2. The van der Waals surface area contributed by atoms with E-state index in [1.165, 1.54) is 0 Å². The van der Waals surface area contributed by atoms with Crippen molar-refractivity contribution in [1.82, 2.24) is 14.9 Å². The Balaban J connectivity index is 2.30. The molecule has 0 radical (unpaired) electrons. The third kappa shape index (κ3) is 3.25. The summed E-state index contributed by atoms with van der Waals surface area (Å²) in [7, 11) is -2.03. The first-order valence-corrected chi connectivity index (χ1v) is 7.97. The molecular weight excluding hydrogens is 290 g/mol. The Bertz CT molecular complexity index is 728. The third-order valence-corrected chi connectivity index (χ3v) is 5.03. The van der Waals surface area contributed by atoms with Crippen LogP contribution in [0.4, 0.5) is 0 Å². The molecule has 0 fully saturated rings. The van der Waals surface area contributed by atoms with Crippen LogP contribution in [0.5, 0.6) is 5.75 Å². The number of hydrogen-bond donors (Lipinski definition) is 2. The minimum Gasteiger partial charge on any atom is -0.497 e. The van der Waals surface area contributed by atoms with Crippen LogP contribution < -0.4 is 9.46 Å². The molecule has 21 heavy (non-hydrogen) atoms. The van der Waals surface area contributed by atoms with Gasteiger partial charge < -0.3 is 4.74 Å². The van der Waals surface area contributed by atoms with Crippen LogP contribution in [0.2, 0.25) is 0 Å². The summed E-state index contributed by atoms with van der Waals surface area (Å²) in [6.07, 6.45) is 1.62. The van der Waals surface area contributed by atoms with E-state index in [4.69, 9.17) is 4.74 Å². The standard InChI is InChI=1S/C14H19N3O3S/c1-9-5-13(20-4)6-10(2)14(9)21(18,19)16-8-12-7-15-17-11(12)3/h5-7,16H,8H2,1-4H3,(H,15,17). The van der Waals surface area contributed by atoms with Crippen LogP contribution in [-0.2, 0) is 16.6 Å². The second-order valence-electron chi connectivity index (χ2n) is 4.94. The fourth-order valence-electron chi connectivity index (χ4n) is 2.25. The molecular formula is C14H19N3O3S. The van der Waals surface area contributed by atoms with Crippen molar-refractivity contribution in [3.05, 3.63) is 40.7 Å². The first kappa shape index (κ1) is 15.5. The van der Waals surface area contributed by atoms with Crippen molar-refractivity contribution in [3.8, 4) is 5.75 Å². The summed E-state index contributed by atoms with van der Waals surface area (Å²) in [4.78, 5) is 0.296. The Morgan fingerprint density at radius 1 is 1.24 bits per heavy atom. The van der Waals surface area contributed by atoms with E-state index >= 15 is 0 Å². The van der Waals surface area contributed by atoms with Crippen molar-refractivity contribution in [2.45, 2.75) is 32.2 Å². The molecule has 0 unspecified atom stereocenters. The molecule has 1 aromatic carbocycles. The molecule has 0 aliphatic rings. The number of nitrogens with zero attached hydrogens (tertiary/aromatic N) is 1. The average molecular weight is 309 g/mol. The summed E-state index contributed by atoms with van der Waals surface area (Å²) in [5, 5.41) is 6.66. The highest BCUT2D eigenvalue weighted by molar-refractivity contribution is 7.89. The van der Waals surface area contributed by atoms with Crippen molar-refractivity contribution >= 4 is 10.0 Å². The molecule has 0 saturated heterocycles. The lowest BCUT2D eigenvalue weighted by Crippen LogP contribution is -2.25. The molecule has 1 heterocycles. The Morgan fingerprint density at radius 2 is 1.86 bits per heavy atom. The molecule has 0 saturated carbocycles. The normalized spacial score (nSPS) is 11.6. The molecule has 0 amide bonds. The van der Waals surface area contributed by atoms with Gasteiger partial charge in [0.2, 0.25) is 10.0 Å². The molecule has 2 rings (SSSR count). The maximum atomic E-state index is 12.5. The maximum absolute atomic E-state index is 12.5. The highest BCUT2D eigenvalue weighted by Crippen LogP contribution is 2.25. The topological polar surface area (TPSA) is 84.1 Å². The smallest absolute Gasteiger partial charge is 0.241 e. The van der Waals surface area contributed by atoms with E-state index < -0.39 is 10.0 Å². The number of rotatable bonds is 5. The van der Waals surface area contributed by atoms with E-state index in [0.29, 0.717) is 21.8 Å². The second-order valence-corrected chi connectivity index (χ2v) is 6.64. The summed E-state index contributed by atoms with van der Waals surface area (Å²) < 4.78 is 32.8. The first-order valence-electron chi connectivity index (χ1n) is 6.49. The molecule has 6 nitrogen and oxygen atoms in total. The predicted molar refractivity (Wildman–Crippen MR) is 79.8 cm³/mol. The molecule has 114 valence electrons. The third-order valence-electron chi connectivity index (χ3n) is 3.33. The van der Waals surface area contributed by atoms with E-state index in [-0.39, 0.29) is 6.54 Å². The van der Waals surface area contributed by atoms with Crippen molar-refractivity contribution in [2.24, 2.45) is 0 Å². The Hall–Kier alpha value is -1.86. The number of ether oxygens (including phenoxy) is 1. The number of methoxy groups -OCH3 is 1. The van der Waals surface area contributed by atoms with Gasteiger partial charge in [-0.3, -0.25) is 5.10 Å². The molecule has 7 heteroatoms. The van der Waals surface area contributed by atoms with Crippen molar-refractivity contribution < 1.29 is 13.2 Å². The lowest BCUT2D eigenvalue weighted by molar-refractivity contribution is 0.413. The van der Waals surface area contributed by atoms with Crippen LogP contribution in [0.25, 0.3) is 0 Å². The summed E-state index contributed by atoms with van der Waals surface area (Å²) in [6, 6.07) is 3.43. The van der Waals surface area contributed by atoms with E-state index in [1.807, 2.05) is 6.92 Å². The Labute approximate surface area is 124 Å². The lowest BCUT2D eigenvalue weighted by Gasteiger charge is -2.13. The molecule has 0 aliphatic heterocycles. The molecule has 1 aromatic heterocycles. The predicted octanol–water partition coefficient (Wildman–Crippen LogP) is 1.82. The van der Waals surface area contributed by atoms with Crippen molar-refractivity contribution in [3.63, 3.8) is 0 Å². The van der Waals surface area contributed by atoms with Crippen LogP contribution in [0.15, 0.2) is 23.2 Å². The van der Waals surface area contributed by atoms with Gasteiger partial charge in [0.05, 0.1) is 18.2 Å². The summed E-state index contributed by atoms with van der Waals surface area (Å²) in [5.41, 5.74) is 2.98. The van der Waals surface area contributed by atoms with Crippen LogP contribution >= 0.6 is 0 Å². The van der Waals surface area contributed by atoms with Crippen molar-refractivity contribution in [2.75, 3.05) is 7.11 Å². The number of hydrogen-bond acceptors (Lipinski definition) is 4. The number of nitrogens with one attached hydrogen (secondary N) is 2. The average Bonchev–Trinajstić information content (AvgIpc) is 2.80. The number of H-pyrrole nitrogens is 1. The highest BCUT2D eigenvalue weighted by Gasteiger charge is 2.20. The quantitative estimate of drug-likeness (QED) is 0.882. The summed E-state index contributed by atoms with van der Waals surface area (Å²) in [5.74, 6) is 0.648. The minimum absolute atomic E-state index is 0.204. The van der Waals surface area contributed by atoms with E-state index in [0.717, 1.165) is 11.3 Å². The van der Waals surface area contributed by atoms with Crippen LogP contribution in [0, 0.1) is 20.8 Å². The van der Waals surface area contributed by atoms with E-state index in [1.54, 1.807) is 39.3 Å². The van der Waals surface area contributed by atoms with Gasteiger partial charge >= 0.3 is 0 Å². The second kappa shape index (κ2) is 5.87. The van der Waals surface area contributed by atoms with Crippen LogP contribution in [-0.4, -0.2) is 25.7 Å². The highest BCUT2D eigenvalue weighted by atomic mass is 32.2. The fraction of sp³-hybridized carbons (Fsp3) is 0.357. The fourth-order valence-corrected chi connectivity index (χ4v) is 3.71. The molecule has 2 aromatic rings. The molecule has 0 aliphatic carbocycles. The largest absolute Gasteiger partial charge is 0.497 e. The zero-order valence-corrected chi connectivity index (χ0v) is 13.3. The Kier molecular flexibility index (Phi) is 4.34. The number of aryl methyl sites for hydroxylation is 3. The van der Waals surface area contributed by atoms with Gasteiger partial charge in [-0.1, -0.05) is 0 Å². The molecule has 0 spiro atoms. The maximum Gasteiger partial charge on any atom is 0.241 e. The zero-order valence-electron chi connectivity index (χ0n) is 12.5. The monoisotopic (exact) mass is 309 g/mol. The lowest BCUT2D eigenvalue weighted by atomic mass is 10.1. The van der Waals surface area contributed by atoms with Gasteiger partial charge in [-0.25, -0.2) is 13.1 Å². The first-order chi connectivity index (χ1) is 9.85. The van der Waals surface area contributed by atoms with Crippen molar-refractivity contribution in [1.29, 1.82) is 0 Å². The van der Waals surface area contributed by atoms with Crippen LogP contribution in [0.1, 0.15) is 22.4 Å². The van der Waals surface area contributed by atoms with Crippen LogP contribution in [0.3, 0.4) is 0 Å².